The lowest BCUT2D eigenvalue weighted by atomic mass is 10.1. The fraction of sp³-hybridized carbons (Fsp3) is 0.455. The number of hydrogen-bond acceptors (Lipinski definition) is 4. The average molecular weight is 259 g/mol. The molecule has 1 N–H and O–H groups in total. The lowest BCUT2D eigenvalue weighted by Crippen LogP contribution is -2.28. The summed E-state index contributed by atoms with van der Waals surface area (Å²) in [6.07, 6.45) is 0.783. The Morgan fingerprint density at radius 3 is 2.59 bits per heavy atom. The van der Waals surface area contributed by atoms with Gasteiger partial charge in [-0.1, -0.05) is 12.1 Å². The van der Waals surface area contributed by atoms with Gasteiger partial charge >= 0.3 is 0 Å². The summed E-state index contributed by atoms with van der Waals surface area (Å²) in [5, 5.41) is 0. The highest BCUT2D eigenvalue weighted by atomic mass is 32.2. The van der Waals surface area contributed by atoms with Crippen LogP contribution in [0.4, 0.5) is 0 Å². The minimum atomic E-state index is -3.21. The minimum absolute atomic E-state index is 0.197. The van der Waals surface area contributed by atoms with E-state index in [9.17, 15) is 8.42 Å². The standard InChI is InChI=1S/C11H17NO4S/c1-15-10-6-4-5-9(7-10)11(16-2)8-12-17(3,13)14/h4-7,11-12H,8H2,1-3H3/t11-/m1/s1. The maximum absolute atomic E-state index is 11.0. The van der Waals surface area contributed by atoms with Crippen LogP contribution < -0.4 is 9.46 Å². The molecule has 0 unspecified atom stereocenters. The zero-order valence-corrected chi connectivity index (χ0v) is 11.0. The molecule has 1 aromatic carbocycles. The van der Waals surface area contributed by atoms with Gasteiger partial charge < -0.3 is 9.47 Å². The van der Waals surface area contributed by atoms with Crippen molar-refractivity contribution < 1.29 is 17.9 Å². The summed E-state index contributed by atoms with van der Waals surface area (Å²) in [5.74, 6) is 0.712. The predicted octanol–water partition coefficient (Wildman–Crippen LogP) is 0.932. The topological polar surface area (TPSA) is 64.6 Å². The Bertz CT molecular complexity index is 458. The first-order valence-corrected chi connectivity index (χ1v) is 6.97. The maximum atomic E-state index is 11.0. The molecule has 0 aromatic heterocycles. The lowest BCUT2D eigenvalue weighted by molar-refractivity contribution is 0.107. The van der Waals surface area contributed by atoms with Gasteiger partial charge in [0.15, 0.2) is 0 Å². The molecule has 0 bridgehead atoms. The Morgan fingerprint density at radius 2 is 2.06 bits per heavy atom. The second kappa shape index (κ2) is 6.00. The quantitative estimate of drug-likeness (QED) is 0.825. The van der Waals surface area contributed by atoms with Gasteiger partial charge in [0.05, 0.1) is 19.5 Å². The summed E-state index contributed by atoms with van der Waals surface area (Å²) in [7, 11) is -0.0994. The predicted molar refractivity (Wildman–Crippen MR) is 65.6 cm³/mol. The summed E-state index contributed by atoms with van der Waals surface area (Å²) in [6, 6.07) is 7.33. The first kappa shape index (κ1) is 14.0. The van der Waals surface area contributed by atoms with E-state index in [1.165, 1.54) is 7.11 Å². The van der Waals surface area contributed by atoms with Gasteiger partial charge in [0.2, 0.25) is 10.0 Å². The molecule has 0 aliphatic carbocycles. The summed E-state index contributed by atoms with van der Waals surface area (Å²) >= 11 is 0. The van der Waals surface area contributed by atoms with E-state index < -0.39 is 10.0 Å². The molecule has 0 saturated heterocycles. The molecule has 96 valence electrons. The van der Waals surface area contributed by atoms with Gasteiger partial charge in [0.25, 0.3) is 0 Å². The molecule has 0 aliphatic heterocycles. The van der Waals surface area contributed by atoms with E-state index in [1.54, 1.807) is 7.11 Å². The second-order valence-corrected chi connectivity index (χ2v) is 5.45. The van der Waals surface area contributed by atoms with E-state index in [0.29, 0.717) is 5.75 Å². The van der Waals surface area contributed by atoms with Crippen LogP contribution in [0.5, 0.6) is 5.75 Å². The molecule has 1 atom stereocenters. The number of rotatable bonds is 6. The van der Waals surface area contributed by atoms with Crippen molar-refractivity contribution in [1.82, 2.24) is 4.72 Å². The molecule has 0 heterocycles. The number of benzene rings is 1. The molecular weight excluding hydrogens is 242 g/mol. The molecule has 0 aliphatic rings. The fourth-order valence-corrected chi connectivity index (χ4v) is 1.86. The zero-order valence-electron chi connectivity index (χ0n) is 10.1. The van der Waals surface area contributed by atoms with Gasteiger partial charge in [0.1, 0.15) is 5.75 Å². The summed E-state index contributed by atoms with van der Waals surface area (Å²) in [5.41, 5.74) is 0.864. The van der Waals surface area contributed by atoms with Crippen LogP contribution in [0.15, 0.2) is 24.3 Å². The van der Waals surface area contributed by atoms with Crippen molar-refractivity contribution >= 4 is 10.0 Å². The van der Waals surface area contributed by atoms with Crippen LogP contribution in [0.2, 0.25) is 0 Å². The Kier molecular flexibility index (Phi) is 4.92. The Morgan fingerprint density at radius 1 is 1.35 bits per heavy atom. The van der Waals surface area contributed by atoms with E-state index in [4.69, 9.17) is 9.47 Å². The highest BCUT2D eigenvalue weighted by Crippen LogP contribution is 2.20. The third kappa shape index (κ3) is 4.72. The zero-order chi connectivity index (χ0) is 12.9. The molecule has 0 saturated carbocycles. The first-order chi connectivity index (χ1) is 7.96. The van der Waals surface area contributed by atoms with Crippen LogP contribution in [0.3, 0.4) is 0 Å². The second-order valence-electron chi connectivity index (χ2n) is 3.62. The van der Waals surface area contributed by atoms with E-state index in [-0.39, 0.29) is 12.6 Å². The van der Waals surface area contributed by atoms with Crippen molar-refractivity contribution in [1.29, 1.82) is 0 Å². The SMILES string of the molecule is COc1cccc([C@@H](CNS(C)(=O)=O)OC)c1. The van der Waals surface area contributed by atoms with Gasteiger partial charge in [-0.15, -0.1) is 0 Å². The molecule has 5 nitrogen and oxygen atoms in total. The number of nitrogens with one attached hydrogen (secondary N) is 1. The third-order valence-electron chi connectivity index (χ3n) is 2.28. The van der Waals surface area contributed by atoms with Crippen molar-refractivity contribution in [3.8, 4) is 5.75 Å². The third-order valence-corrected chi connectivity index (χ3v) is 2.97. The van der Waals surface area contributed by atoms with Crippen LogP contribution >= 0.6 is 0 Å². The van der Waals surface area contributed by atoms with Crippen molar-refractivity contribution in [3.63, 3.8) is 0 Å². The van der Waals surface area contributed by atoms with Crippen LogP contribution in [0, 0.1) is 0 Å². The van der Waals surface area contributed by atoms with E-state index in [1.807, 2.05) is 24.3 Å². The number of sulfonamides is 1. The smallest absolute Gasteiger partial charge is 0.208 e. The summed E-state index contributed by atoms with van der Waals surface area (Å²) in [6.45, 7) is 0.197. The van der Waals surface area contributed by atoms with E-state index in [0.717, 1.165) is 11.8 Å². The lowest BCUT2D eigenvalue weighted by Gasteiger charge is -2.16. The van der Waals surface area contributed by atoms with E-state index >= 15 is 0 Å². The van der Waals surface area contributed by atoms with Gasteiger partial charge in [-0.2, -0.15) is 0 Å². The molecular formula is C11H17NO4S. The normalized spacial score (nSPS) is 13.4. The van der Waals surface area contributed by atoms with Gasteiger partial charge in [-0.25, -0.2) is 13.1 Å². The monoisotopic (exact) mass is 259 g/mol. The van der Waals surface area contributed by atoms with Crippen LogP contribution in [0.25, 0.3) is 0 Å². The molecule has 0 amide bonds. The molecule has 17 heavy (non-hydrogen) atoms. The summed E-state index contributed by atoms with van der Waals surface area (Å²) < 4.78 is 34.8. The van der Waals surface area contributed by atoms with E-state index in [2.05, 4.69) is 4.72 Å². The van der Waals surface area contributed by atoms with Crippen LogP contribution in [-0.4, -0.2) is 35.4 Å². The summed E-state index contributed by atoms with van der Waals surface area (Å²) in [4.78, 5) is 0. The molecule has 0 fully saturated rings. The Hall–Kier alpha value is -1.11. The molecule has 1 rings (SSSR count). The van der Waals surface area contributed by atoms with Crippen LogP contribution in [-0.2, 0) is 14.8 Å². The van der Waals surface area contributed by atoms with Crippen molar-refractivity contribution in [3.05, 3.63) is 29.8 Å². The molecule has 1 aromatic rings. The highest BCUT2D eigenvalue weighted by molar-refractivity contribution is 7.88. The molecule has 0 radical (unpaired) electrons. The van der Waals surface area contributed by atoms with Gasteiger partial charge in [-0.3, -0.25) is 0 Å². The average Bonchev–Trinajstić information content (AvgIpc) is 2.29. The number of hydrogen-bond donors (Lipinski definition) is 1. The van der Waals surface area contributed by atoms with Crippen LogP contribution in [0.1, 0.15) is 11.7 Å². The highest BCUT2D eigenvalue weighted by Gasteiger charge is 2.13. The first-order valence-electron chi connectivity index (χ1n) is 5.07. The largest absolute Gasteiger partial charge is 0.497 e. The van der Waals surface area contributed by atoms with Crippen molar-refractivity contribution in [2.24, 2.45) is 0 Å². The van der Waals surface area contributed by atoms with Gasteiger partial charge in [-0.05, 0) is 17.7 Å². The fourth-order valence-electron chi connectivity index (χ4n) is 1.41. The van der Waals surface area contributed by atoms with Gasteiger partial charge in [0, 0.05) is 13.7 Å². The maximum Gasteiger partial charge on any atom is 0.208 e. The number of ether oxygens (including phenoxy) is 2. The van der Waals surface area contributed by atoms with Crippen molar-refractivity contribution in [2.45, 2.75) is 6.10 Å². The Labute approximate surface area is 102 Å². The molecule has 6 heteroatoms. The number of methoxy groups -OCH3 is 2. The Balaban J connectivity index is 2.78. The molecule has 0 spiro atoms. The van der Waals surface area contributed by atoms with Crippen molar-refractivity contribution in [2.75, 3.05) is 27.0 Å². The minimum Gasteiger partial charge on any atom is -0.497 e.